The van der Waals surface area contributed by atoms with Crippen LogP contribution in [0.2, 0.25) is 0 Å². The molecule has 1 aromatic heterocycles. The Balaban J connectivity index is 2.40. The Labute approximate surface area is 230 Å². The number of nitrogens with zero attached hydrogens (tertiary/aromatic N) is 2. The van der Waals surface area contributed by atoms with Gasteiger partial charge in [-0.2, -0.15) is 5.10 Å². The molecule has 224 valence electrons. The fourth-order valence-corrected chi connectivity index (χ4v) is 4.16. The van der Waals surface area contributed by atoms with Crippen molar-refractivity contribution in [1.29, 1.82) is 0 Å². The summed E-state index contributed by atoms with van der Waals surface area (Å²) in [5, 5.41) is 9.41. The first kappa shape index (κ1) is 33.0. The highest BCUT2D eigenvalue weighted by Crippen LogP contribution is 2.28. The molecule has 0 unspecified atom stereocenters. The van der Waals surface area contributed by atoms with Gasteiger partial charge >= 0.3 is 6.36 Å². The summed E-state index contributed by atoms with van der Waals surface area (Å²) in [6.45, 7) is 5.24. The van der Waals surface area contributed by atoms with Crippen LogP contribution in [0.5, 0.6) is 5.75 Å². The lowest BCUT2D eigenvalue weighted by Crippen LogP contribution is -2.26. The van der Waals surface area contributed by atoms with Crippen LogP contribution in [0.15, 0.2) is 18.2 Å². The molecule has 0 saturated carbocycles. The zero-order chi connectivity index (χ0) is 30.3. The first-order chi connectivity index (χ1) is 18.4. The van der Waals surface area contributed by atoms with Gasteiger partial charge in [0.1, 0.15) is 35.2 Å². The second-order valence-electron chi connectivity index (χ2n) is 9.65. The van der Waals surface area contributed by atoms with Crippen LogP contribution in [-0.2, 0) is 38.8 Å². The average molecular weight is 595 g/mol. The quantitative estimate of drug-likeness (QED) is 0.247. The lowest BCUT2D eigenvalue weighted by molar-refractivity contribution is -0.324. The van der Waals surface area contributed by atoms with Gasteiger partial charge in [0.2, 0.25) is 5.91 Å². The normalized spacial score (nSPS) is 12.3. The third-order valence-electron chi connectivity index (χ3n) is 5.31. The maximum atomic E-state index is 13.8. The summed E-state index contributed by atoms with van der Waals surface area (Å²) in [7, 11) is -3.72. The van der Waals surface area contributed by atoms with Gasteiger partial charge in [0.05, 0.1) is 12.3 Å². The molecule has 2 rings (SSSR count). The van der Waals surface area contributed by atoms with E-state index in [-0.39, 0.29) is 43.1 Å². The molecule has 0 aliphatic heterocycles. The predicted octanol–water partition coefficient (Wildman–Crippen LogP) is 4.30. The number of hydrogen-bond donors (Lipinski definition) is 2. The van der Waals surface area contributed by atoms with Crippen molar-refractivity contribution in [1.82, 2.24) is 9.78 Å². The van der Waals surface area contributed by atoms with Gasteiger partial charge in [-0.05, 0) is 56.9 Å². The molecule has 0 saturated heterocycles. The monoisotopic (exact) mass is 594 g/mol. The standard InChI is InChI=1S/C25H34F4N4O6S/c1-6-16-13-17(38-15-24(3,4)26)9-10-19(16)30-23(35)21-18(7-2)32-33(11-8-12-39-25(27,28)29)22(21)31-20(34)14-40(5,36)37/h9-10,13H,6-8,11-12,14-15H2,1-5H3,(H,30,35)(H,31,34). The summed E-state index contributed by atoms with van der Waals surface area (Å²) in [5.41, 5.74) is -0.317. The van der Waals surface area contributed by atoms with E-state index in [1.165, 1.54) is 13.8 Å². The minimum Gasteiger partial charge on any atom is -0.490 e. The van der Waals surface area contributed by atoms with Crippen LogP contribution in [0.1, 0.15) is 55.7 Å². The van der Waals surface area contributed by atoms with Gasteiger partial charge in [0.15, 0.2) is 9.84 Å². The lowest BCUT2D eigenvalue weighted by Gasteiger charge is -2.17. The highest BCUT2D eigenvalue weighted by molar-refractivity contribution is 7.91. The summed E-state index contributed by atoms with van der Waals surface area (Å²) in [6, 6.07) is 4.78. The van der Waals surface area contributed by atoms with E-state index in [1.807, 2.05) is 6.92 Å². The van der Waals surface area contributed by atoms with Crippen LogP contribution >= 0.6 is 0 Å². The van der Waals surface area contributed by atoms with Crippen LogP contribution in [0.3, 0.4) is 0 Å². The van der Waals surface area contributed by atoms with Crippen LogP contribution in [0, 0.1) is 0 Å². The summed E-state index contributed by atoms with van der Waals surface area (Å²) in [4.78, 5) is 25.9. The number of ether oxygens (including phenoxy) is 2. The van der Waals surface area contributed by atoms with Gasteiger partial charge in [-0.25, -0.2) is 17.5 Å². The number of hydrogen-bond acceptors (Lipinski definition) is 7. The highest BCUT2D eigenvalue weighted by Gasteiger charge is 2.29. The first-order valence-corrected chi connectivity index (χ1v) is 14.5. The van der Waals surface area contributed by atoms with Crippen molar-refractivity contribution in [2.24, 2.45) is 0 Å². The molecule has 0 bridgehead atoms. The molecule has 40 heavy (non-hydrogen) atoms. The Morgan fingerprint density at radius 1 is 1.07 bits per heavy atom. The minimum absolute atomic E-state index is 0.0670. The summed E-state index contributed by atoms with van der Waals surface area (Å²) in [5.74, 6) is -2.26. The number of alkyl halides is 4. The minimum atomic E-state index is -4.82. The molecule has 2 aromatic rings. The van der Waals surface area contributed by atoms with Crippen molar-refractivity contribution in [3.8, 4) is 5.75 Å². The van der Waals surface area contributed by atoms with Crippen LogP contribution in [0.4, 0.5) is 29.1 Å². The second kappa shape index (κ2) is 13.4. The number of benzene rings is 1. The van der Waals surface area contributed by atoms with Crippen molar-refractivity contribution in [3.63, 3.8) is 0 Å². The Bertz CT molecular complexity index is 1300. The number of carbonyl (C=O) groups excluding carboxylic acids is 2. The Kier molecular flexibility index (Phi) is 11.1. The van der Waals surface area contributed by atoms with Crippen LogP contribution in [-0.4, -0.2) is 67.3 Å². The molecule has 0 radical (unpaired) electrons. The van der Waals surface area contributed by atoms with Gasteiger partial charge in [-0.1, -0.05) is 13.8 Å². The summed E-state index contributed by atoms with van der Waals surface area (Å²) >= 11 is 0. The van der Waals surface area contributed by atoms with Crippen LogP contribution in [0.25, 0.3) is 0 Å². The molecule has 10 nitrogen and oxygen atoms in total. The zero-order valence-corrected chi connectivity index (χ0v) is 23.8. The van der Waals surface area contributed by atoms with Crippen molar-refractivity contribution < 1.29 is 45.0 Å². The molecule has 2 N–H and O–H groups in total. The van der Waals surface area contributed by atoms with Gasteiger partial charge in [-0.3, -0.25) is 14.3 Å². The maximum Gasteiger partial charge on any atom is 0.522 e. The SMILES string of the molecule is CCc1cc(OCC(C)(C)F)ccc1NC(=O)c1c(CC)nn(CCCOC(F)(F)F)c1NC(=O)CS(C)(=O)=O. The summed E-state index contributed by atoms with van der Waals surface area (Å²) < 4.78 is 84.6. The highest BCUT2D eigenvalue weighted by atomic mass is 32.2. The largest absolute Gasteiger partial charge is 0.522 e. The van der Waals surface area contributed by atoms with Gasteiger partial charge in [0, 0.05) is 18.5 Å². The van der Waals surface area contributed by atoms with Gasteiger partial charge in [0.25, 0.3) is 5.91 Å². The molecule has 0 atom stereocenters. The van der Waals surface area contributed by atoms with E-state index in [9.17, 15) is 35.6 Å². The zero-order valence-electron chi connectivity index (χ0n) is 22.9. The van der Waals surface area contributed by atoms with Crippen molar-refractivity contribution in [2.75, 3.05) is 35.9 Å². The number of nitrogens with one attached hydrogen (secondary N) is 2. The Morgan fingerprint density at radius 2 is 1.75 bits per heavy atom. The fourth-order valence-electron chi connectivity index (χ4n) is 3.61. The molecule has 0 aliphatic carbocycles. The number of sulfone groups is 1. The molecule has 0 spiro atoms. The second-order valence-corrected chi connectivity index (χ2v) is 11.8. The van der Waals surface area contributed by atoms with E-state index in [2.05, 4.69) is 20.5 Å². The number of amides is 2. The van der Waals surface area contributed by atoms with E-state index in [1.54, 1.807) is 25.1 Å². The van der Waals surface area contributed by atoms with Crippen molar-refractivity contribution >= 4 is 33.2 Å². The molecule has 2 amide bonds. The number of halogens is 4. The predicted molar refractivity (Wildman–Crippen MR) is 141 cm³/mol. The molecule has 15 heteroatoms. The topological polar surface area (TPSA) is 129 Å². The number of aromatic nitrogens is 2. The molecule has 1 aromatic carbocycles. The number of anilines is 2. The van der Waals surface area contributed by atoms with Crippen molar-refractivity contribution in [3.05, 3.63) is 35.0 Å². The number of aryl methyl sites for hydroxylation is 3. The van der Waals surface area contributed by atoms with E-state index < -0.39 is 46.0 Å². The smallest absolute Gasteiger partial charge is 0.490 e. The molecular formula is C25H34F4N4O6S. The van der Waals surface area contributed by atoms with E-state index in [0.29, 0.717) is 23.4 Å². The van der Waals surface area contributed by atoms with Gasteiger partial charge < -0.3 is 15.4 Å². The Hall–Kier alpha value is -3.20. The first-order valence-electron chi connectivity index (χ1n) is 12.5. The fraction of sp³-hybridized carbons (Fsp3) is 0.560. The van der Waals surface area contributed by atoms with Crippen molar-refractivity contribution in [2.45, 2.75) is 65.5 Å². The molecule has 0 fully saturated rings. The third-order valence-corrected chi connectivity index (χ3v) is 6.09. The average Bonchev–Trinajstić information content (AvgIpc) is 3.15. The van der Waals surface area contributed by atoms with Crippen LogP contribution < -0.4 is 15.4 Å². The van der Waals surface area contributed by atoms with E-state index >= 15 is 0 Å². The van der Waals surface area contributed by atoms with E-state index in [0.717, 1.165) is 10.9 Å². The summed E-state index contributed by atoms with van der Waals surface area (Å²) in [6.07, 6.45) is -3.44. The Morgan fingerprint density at radius 3 is 2.30 bits per heavy atom. The number of carbonyl (C=O) groups is 2. The molecule has 0 aliphatic rings. The van der Waals surface area contributed by atoms with E-state index in [4.69, 9.17) is 4.74 Å². The molecule has 1 heterocycles. The maximum absolute atomic E-state index is 13.8. The lowest BCUT2D eigenvalue weighted by atomic mass is 10.1. The number of rotatable bonds is 14. The third kappa shape index (κ3) is 10.8. The van der Waals surface area contributed by atoms with Gasteiger partial charge in [-0.15, -0.1) is 13.2 Å². The molecular weight excluding hydrogens is 560 g/mol.